The quantitative estimate of drug-likeness (QED) is 0.706. The Hall–Kier alpha value is -3.08. The van der Waals surface area contributed by atoms with Gasteiger partial charge in [0.15, 0.2) is 5.76 Å². The molecule has 0 saturated heterocycles. The molecule has 1 atom stereocenters. The molecule has 0 radical (unpaired) electrons. The van der Waals surface area contributed by atoms with E-state index in [2.05, 4.69) is 15.8 Å². The summed E-state index contributed by atoms with van der Waals surface area (Å²) in [7, 11) is 0. The van der Waals surface area contributed by atoms with Crippen molar-refractivity contribution in [2.45, 2.75) is 25.9 Å². The Morgan fingerprint density at radius 1 is 1.08 bits per heavy atom. The minimum Gasteiger partial charge on any atom is -0.359 e. The van der Waals surface area contributed by atoms with Crippen LogP contribution in [-0.4, -0.2) is 11.2 Å². The highest BCUT2D eigenvalue weighted by Crippen LogP contribution is 2.18. The molecule has 3 rings (SSSR count). The fourth-order valence-corrected chi connectivity index (χ4v) is 2.62. The number of aromatic nitrogens is 1. The molecule has 1 unspecified atom stereocenters. The van der Waals surface area contributed by atoms with Crippen molar-refractivity contribution in [2.75, 3.05) is 0 Å². The normalized spacial score (nSPS) is 11.7. The lowest BCUT2D eigenvalue weighted by atomic mass is 10.1. The number of benzene rings is 2. The van der Waals surface area contributed by atoms with E-state index in [9.17, 15) is 4.79 Å². The van der Waals surface area contributed by atoms with Crippen LogP contribution in [0, 0.1) is 0 Å². The van der Waals surface area contributed by atoms with Gasteiger partial charge in [0.05, 0.1) is 12.6 Å². The average molecular weight is 335 g/mol. The topological polar surface area (TPSA) is 67.2 Å². The third-order valence-electron chi connectivity index (χ3n) is 3.97. The maximum atomic E-state index is 12.2. The Kier molecular flexibility index (Phi) is 5.46. The van der Waals surface area contributed by atoms with Crippen molar-refractivity contribution in [2.24, 2.45) is 0 Å². The number of rotatable bonds is 6. The lowest BCUT2D eigenvalue weighted by Crippen LogP contribution is -2.37. The van der Waals surface area contributed by atoms with E-state index in [1.165, 1.54) is 0 Å². The number of nitrogens with one attached hydrogen (secondary N) is 2. The number of hydrogen-bond acceptors (Lipinski definition) is 3. The number of hydrogen-bond donors (Lipinski definition) is 2. The van der Waals surface area contributed by atoms with Crippen LogP contribution in [0.25, 0.3) is 11.3 Å². The molecule has 2 aromatic carbocycles. The molecule has 0 aliphatic carbocycles. The standard InChI is InChI=1S/C20H21N3O2/c1-2-18(15-9-5-3-6-10-15)22-20(24)21-14-17-13-19(23-25-17)16-11-7-4-8-12-16/h3-13,18H,2,14H2,1H3,(H2,21,22,24). The van der Waals surface area contributed by atoms with Crippen LogP contribution < -0.4 is 10.6 Å². The highest BCUT2D eigenvalue weighted by Gasteiger charge is 2.13. The van der Waals surface area contributed by atoms with Crippen LogP contribution in [0.3, 0.4) is 0 Å². The SMILES string of the molecule is CCC(NC(=O)NCc1cc(-c2ccccc2)no1)c1ccccc1. The summed E-state index contributed by atoms with van der Waals surface area (Å²) in [5, 5.41) is 9.84. The molecule has 2 N–H and O–H groups in total. The number of nitrogens with zero attached hydrogens (tertiary/aromatic N) is 1. The van der Waals surface area contributed by atoms with E-state index in [0.29, 0.717) is 5.76 Å². The molecule has 2 amide bonds. The molecule has 0 spiro atoms. The molecular formula is C20H21N3O2. The van der Waals surface area contributed by atoms with Gasteiger partial charge < -0.3 is 15.2 Å². The van der Waals surface area contributed by atoms with E-state index >= 15 is 0 Å². The molecule has 128 valence electrons. The zero-order chi connectivity index (χ0) is 17.5. The van der Waals surface area contributed by atoms with E-state index in [0.717, 1.165) is 23.2 Å². The number of carbonyl (C=O) groups excluding carboxylic acids is 1. The molecule has 0 bridgehead atoms. The highest BCUT2D eigenvalue weighted by atomic mass is 16.5. The van der Waals surface area contributed by atoms with Crippen molar-refractivity contribution in [1.29, 1.82) is 0 Å². The lowest BCUT2D eigenvalue weighted by molar-refractivity contribution is 0.234. The second-order valence-corrected chi connectivity index (χ2v) is 5.74. The van der Waals surface area contributed by atoms with Crippen LogP contribution in [0.5, 0.6) is 0 Å². The molecular weight excluding hydrogens is 314 g/mol. The Balaban J connectivity index is 1.55. The van der Waals surface area contributed by atoms with Gasteiger partial charge >= 0.3 is 6.03 Å². The Bertz CT molecular complexity index is 800. The van der Waals surface area contributed by atoms with Crippen LogP contribution >= 0.6 is 0 Å². The third-order valence-corrected chi connectivity index (χ3v) is 3.97. The van der Waals surface area contributed by atoms with Gasteiger partial charge in [0, 0.05) is 11.6 Å². The van der Waals surface area contributed by atoms with Crippen molar-refractivity contribution in [1.82, 2.24) is 15.8 Å². The first-order valence-electron chi connectivity index (χ1n) is 8.36. The Labute approximate surface area is 147 Å². The van der Waals surface area contributed by atoms with Gasteiger partial charge in [-0.1, -0.05) is 72.7 Å². The van der Waals surface area contributed by atoms with Crippen LogP contribution in [0.4, 0.5) is 4.79 Å². The van der Waals surface area contributed by atoms with Gasteiger partial charge in [0.25, 0.3) is 0 Å². The highest BCUT2D eigenvalue weighted by molar-refractivity contribution is 5.74. The van der Waals surface area contributed by atoms with Gasteiger partial charge in [0.2, 0.25) is 0 Å². The third kappa shape index (κ3) is 4.47. The molecule has 5 heteroatoms. The zero-order valence-corrected chi connectivity index (χ0v) is 14.1. The largest absolute Gasteiger partial charge is 0.359 e. The molecule has 0 fully saturated rings. The van der Waals surface area contributed by atoms with E-state index < -0.39 is 0 Å². The number of urea groups is 1. The van der Waals surface area contributed by atoms with E-state index in [1.54, 1.807) is 0 Å². The zero-order valence-electron chi connectivity index (χ0n) is 14.1. The van der Waals surface area contributed by atoms with Crippen LogP contribution in [0.2, 0.25) is 0 Å². The fraction of sp³-hybridized carbons (Fsp3) is 0.200. The predicted molar refractivity (Wildman–Crippen MR) is 96.8 cm³/mol. The molecule has 1 aromatic heterocycles. The molecule has 0 aliphatic rings. The minimum absolute atomic E-state index is 0.0178. The molecule has 3 aromatic rings. The summed E-state index contributed by atoms with van der Waals surface area (Å²) in [6.45, 7) is 2.33. The van der Waals surface area contributed by atoms with Crippen molar-refractivity contribution >= 4 is 6.03 Å². The van der Waals surface area contributed by atoms with E-state index in [-0.39, 0.29) is 18.6 Å². The number of carbonyl (C=O) groups is 1. The molecule has 0 aliphatic heterocycles. The monoisotopic (exact) mass is 335 g/mol. The summed E-state index contributed by atoms with van der Waals surface area (Å²) >= 11 is 0. The lowest BCUT2D eigenvalue weighted by Gasteiger charge is -2.17. The van der Waals surface area contributed by atoms with Crippen LogP contribution in [0.1, 0.15) is 30.7 Å². The molecule has 0 saturated carbocycles. The Morgan fingerprint density at radius 2 is 1.76 bits per heavy atom. The van der Waals surface area contributed by atoms with E-state index in [4.69, 9.17) is 4.52 Å². The van der Waals surface area contributed by atoms with Gasteiger partial charge in [-0.3, -0.25) is 0 Å². The summed E-state index contributed by atoms with van der Waals surface area (Å²) in [6, 6.07) is 21.3. The van der Waals surface area contributed by atoms with Gasteiger partial charge in [-0.25, -0.2) is 4.79 Å². The smallest absolute Gasteiger partial charge is 0.315 e. The van der Waals surface area contributed by atoms with E-state index in [1.807, 2.05) is 73.7 Å². The van der Waals surface area contributed by atoms with Crippen LogP contribution in [-0.2, 0) is 6.54 Å². The fourth-order valence-electron chi connectivity index (χ4n) is 2.62. The summed E-state index contributed by atoms with van der Waals surface area (Å²) in [5.74, 6) is 0.613. The summed E-state index contributed by atoms with van der Waals surface area (Å²) in [5.41, 5.74) is 2.83. The Morgan fingerprint density at radius 3 is 2.44 bits per heavy atom. The summed E-state index contributed by atoms with van der Waals surface area (Å²) in [6.07, 6.45) is 0.817. The average Bonchev–Trinajstić information content (AvgIpc) is 3.15. The van der Waals surface area contributed by atoms with Crippen molar-refractivity contribution < 1.29 is 9.32 Å². The first kappa shape index (κ1) is 16.8. The first-order valence-corrected chi connectivity index (χ1v) is 8.36. The van der Waals surface area contributed by atoms with Crippen molar-refractivity contribution in [3.05, 3.63) is 78.1 Å². The van der Waals surface area contributed by atoms with Crippen molar-refractivity contribution in [3.63, 3.8) is 0 Å². The maximum absolute atomic E-state index is 12.2. The van der Waals surface area contributed by atoms with Gasteiger partial charge in [-0.2, -0.15) is 0 Å². The predicted octanol–water partition coefficient (Wildman–Crippen LogP) is 4.29. The summed E-state index contributed by atoms with van der Waals surface area (Å²) < 4.78 is 5.29. The van der Waals surface area contributed by atoms with Crippen molar-refractivity contribution in [3.8, 4) is 11.3 Å². The molecule has 25 heavy (non-hydrogen) atoms. The maximum Gasteiger partial charge on any atom is 0.315 e. The van der Waals surface area contributed by atoms with Crippen LogP contribution in [0.15, 0.2) is 71.3 Å². The minimum atomic E-state index is -0.228. The van der Waals surface area contributed by atoms with Gasteiger partial charge in [-0.15, -0.1) is 0 Å². The van der Waals surface area contributed by atoms with Gasteiger partial charge in [0.1, 0.15) is 5.69 Å². The second kappa shape index (κ2) is 8.15. The summed E-state index contributed by atoms with van der Waals surface area (Å²) in [4.78, 5) is 12.2. The molecule has 1 heterocycles. The van der Waals surface area contributed by atoms with Gasteiger partial charge in [-0.05, 0) is 12.0 Å². The second-order valence-electron chi connectivity index (χ2n) is 5.74. The molecule has 5 nitrogen and oxygen atoms in total. The first-order chi connectivity index (χ1) is 12.3. The number of amides is 2.